The fourth-order valence-corrected chi connectivity index (χ4v) is 5.32. The molecule has 0 saturated carbocycles. The van der Waals surface area contributed by atoms with Crippen molar-refractivity contribution in [2.45, 2.75) is 29.7 Å². The van der Waals surface area contributed by atoms with Gasteiger partial charge in [0.2, 0.25) is 10.0 Å². The van der Waals surface area contributed by atoms with Gasteiger partial charge in [0.05, 0.1) is 4.90 Å². The molecule has 0 bridgehead atoms. The maximum absolute atomic E-state index is 13.0. The Hall–Kier alpha value is -3.76. The van der Waals surface area contributed by atoms with Gasteiger partial charge in [-0.25, -0.2) is 27.1 Å². The Morgan fingerprint density at radius 3 is 2.11 bits per heavy atom. The summed E-state index contributed by atoms with van der Waals surface area (Å²) >= 11 is 0. The molecule has 8 nitrogen and oxygen atoms in total. The molecule has 1 aliphatic rings. The maximum Gasteiger partial charge on any atom is 0.407 e. The number of carboxylic acids is 1. The van der Waals surface area contributed by atoms with E-state index < -0.39 is 33.9 Å². The van der Waals surface area contributed by atoms with E-state index in [1.165, 1.54) is 0 Å². The highest BCUT2D eigenvalue weighted by molar-refractivity contribution is 7.89. The Morgan fingerprint density at radius 1 is 0.944 bits per heavy atom. The number of halogens is 1. The predicted molar refractivity (Wildman–Crippen MR) is 130 cm³/mol. The van der Waals surface area contributed by atoms with Crippen LogP contribution in [-0.4, -0.2) is 44.8 Å². The predicted octanol–water partition coefficient (Wildman–Crippen LogP) is 3.88. The molecule has 4 rings (SSSR count). The molecule has 3 N–H and O–H groups in total. The van der Waals surface area contributed by atoms with Crippen LogP contribution in [0, 0.1) is 5.82 Å². The van der Waals surface area contributed by atoms with Gasteiger partial charge >= 0.3 is 12.1 Å². The maximum atomic E-state index is 13.0. The Bertz CT molecular complexity index is 1320. The highest BCUT2D eigenvalue weighted by Gasteiger charge is 2.29. The number of hydrogen-bond donors (Lipinski definition) is 3. The summed E-state index contributed by atoms with van der Waals surface area (Å²) in [4.78, 5) is 23.9. The van der Waals surface area contributed by atoms with Gasteiger partial charge < -0.3 is 15.2 Å². The Kier molecular flexibility index (Phi) is 7.66. The first-order chi connectivity index (χ1) is 17.3. The van der Waals surface area contributed by atoms with Gasteiger partial charge in [0, 0.05) is 12.5 Å². The van der Waals surface area contributed by atoms with Crippen LogP contribution in [0.5, 0.6) is 0 Å². The minimum atomic E-state index is -3.86. The van der Waals surface area contributed by atoms with Crippen LogP contribution in [-0.2, 0) is 19.6 Å². The molecule has 0 unspecified atom stereocenters. The molecule has 0 heterocycles. The largest absolute Gasteiger partial charge is 0.480 e. The van der Waals surface area contributed by atoms with E-state index in [0.717, 1.165) is 46.5 Å². The van der Waals surface area contributed by atoms with Crippen LogP contribution in [0.1, 0.15) is 29.9 Å². The van der Waals surface area contributed by atoms with E-state index in [-0.39, 0.29) is 36.8 Å². The first kappa shape index (κ1) is 25.3. The lowest BCUT2D eigenvalue weighted by Crippen LogP contribution is -2.42. The summed E-state index contributed by atoms with van der Waals surface area (Å²) in [6.07, 6.45) is -0.747. The highest BCUT2D eigenvalue weighted by atomic mass is 32.2. The average molecular weight is 513 g/mol. The second-order valence-corrected chi connectivity index (χ2v) is 10.1. The fraction of sp³-hybridized carbons (Fsp3) is 0.231. The molecule has 0 aromatic heterocycles. The lowest BCUT2D eigenvalue weighted by molar-refractivity contribution is -0.139. The number of sulfonamides is 1. The number of carbonyl (C=O) groups excluding carboxylic acids is 1. The zero-order chi connectivity index (χ0) is 25.7. The fourth-order valence-electron chi connectivity index (χ4n) is 4.25. The van der Waals surface area contributed by atoms with Crippen molar-refractivity contribution in [3.05, 3.63) is 89.7 Å². The molecule has 36 heavy (non-hydrogen) atoms. The van der Waals surface area contributed by atoms with Crippen molar-refractivity contribution >= 4 is 22.1 Å². The summed E-state index contributed by atoms with van der Waals surface area (Å²) in [6.45, 7) is -0.0144. The zero-order valence-electron chi connectivity index (χ0n) is 19.2. The van der Waals surface area contributed by atoms with Gasteiger partial charge in [-0.05, 0) is 59.4 Å². The third kappa shape index (κ3) is 5.72. The van der Waals surface area contributed by atoms with E-state index in [0.29, 0.717) is 0 Å². The topological polar surface area (TPSA) is 122 Å². The monoisotopic (exact) mass is 512 g/mol. The third-order valence-electron chi connectivity index (χ3n) is 6.02. The highest BCUT2D eigenvalue weighted by Crippen LogP contribution is 2.44. The lowest BCUT2D eigenvalue weighted by atomic mass is 9.98. The minimum absolute atomic E-state index is 0.0224. The molecule has 0 fully saturated rings. The van der Waals surface area contributed by atoms with E-state index in [1.807, 2.05) is 48.5 Å². The zero-order valence-corrected chi connectivity index (χ0v) is 20.0. The first-order valence-electron chi connectivity index (χ1n) is 11.4. The van der Waals surface area contributed by atoms with Crippen LogP contribution < -0.4 is 10.0 Å². The number of hydrogen-bond acceptors (Lipinski definition) is 5. The van der Waals surface area contributed by atoms with Gasteiger partial charge in [0.25, 0.3) is 0 Å². The number of aliphatic carboxylic acids is 1. The number of nitrogens with one attached hydrogen (secondary N) is 2. The molecule has 0 spiro atoms. The normalized spacial score (nSPS) is 13.5. The Balaban J connectivity index is 1.29. The molecular weight excluding hydrogens is 487 g/mol. The van der Waals surface area contributed by atoms with Crippen LogP contribution in [0.2, 0.25) is 0 Å². The van der Waals surface area contributed by atoms with Crippen molar-refractivity contribution in [1.82, 2.24) is 10.0 Å². The SMILES string of the molecule is O=C(N[C@@H](CCCNS(=O)(=O)c1ccc(F)cc1)C(=O)O)OCC1c2ccccc2-c2ccccc21. The number of carbonyl (C=O) groups is 2. The van der Waals surface area contributed by atoms with Gasteiger partial charge in [-0.2, -0.15) is 0 Å². The van der Waals surface area contributed by atoms with Gasteiger partial charge in [-0.3, -0.25) is 0 Å². The molecule has 0 radical (unpaired) electrons. The number of carboxylic acid groups (broad SMARTS) is 1. The van der Waals surface area contributed by atoms with Gasteiger partial charge in [0.15, 0.2) is 0 Å². The third-order valence-corrected chi connectivity index (χ3v) is 7.50. The molecule has 3 aromatic carbocycles. The van der Waals surface area contributed by atoms with Crippen molar-refractivity contribution in [2.24, 2.45) is 0 Å². The second-order valence-electron chi connectivity index (χ2n) is 8.35. The van der Waals surface area contributed by atoms with Crippen LogP contribution in [0.15, 0.2) is 77.7 Å². The molecular formula is C26H25FN2O6S. The quantitative estimate of drug-likeness (QED) is 0.355. The average Bonchev–Trinajstić information content (AvgIpc) is 3.18. The number of alkyl carbamates (subject to hydrolysis) is 1. The smallest absolute Gasteiger partial charge is 0.407 e. The number of amides is 1. The van der Waals surface area contributed by atoms with Crippen molar-refractivity contribution in [1.29, 1.82) is 0 Å². The van der Waals surface area contributed by atoms with Crippen molar-refractivity contribution in [2.75, 3.05) is 13.2 Å². The number of benzene rings is 3. The summed E-state index contributed by atoms with van der Waals surface area (Å²) in [5.74, 6) is -1.98. The molecule has 1 aliphatic carbocycles. The molecule has 3 aromatic rings. The standard InChI is InChI=1S/C26H25FN2O6S/c27-17-11-13-18(14-12-17)36(33,34)28-15-5-10-24(25(30)31)29-26(32)35-16-23-21-8-3-1-6-19(21)20-7-2-4-9-22(20)23/h1-4,6-9,11-14,23-24,28H,5,10,15-16H2,(H,29,32)(H,30,31)/t24-/m0/s1. The summed E-state index contributed by atoms with van der Waals surface area (Å²) in [5.41, 5.74) is 4.23. The van der Waals surface area contributed by atoms with Crippen LogP contribution in [0.4, 0.5) is 9.18 Å². The van der Waals surface area contributed by atoms with E-state index in [4.69, 9.17) is 4.74 Å². The van der Waals surface area contributed by atoms with Crippen molar-refractivity contribution in [3.63, 3.8) is 0 Å². The summed E-state index contributed by atoms with van der Waals surface area (Å²) in [6, 6.07) is 18.8. The number of rotatable bonds is 10. The molecule has 1 amide bonds. The summed E-state index contributed by atoms with van der Waals surface area (Å²) in [7, 11) is -3.86. The lowest BCUT2D eigenvalue weighted by Gasteiger charge is -2.17. The van der Waals surface area contributed by atoms with E-state index in [9.17, 15) is 27.5 Å². The second kappa shape index (κ2) is 10.9. The van der Waals surface area contributed by atoms with Crippen molar-refractivity contribution < 1.29 is 32.2 Å². The van der Waals surface area contributed by atoms with Gasteiger partial charge in [-0.15, -0.1) is 0 Å². The van der Waals surface area contributed by atoms with Crippen LogP contribution in [0.3, 0.4) is 0 Å². The Morgan fingerprint density at radius 2 is 1.53 bits per heavy atom. The Labute approximate surface area is 208 Å². The molecule has 10 heteroatoms. The van der Waals surface area contributed by atoms with Gasteiger partial charge in [0.1, 0.15) is 18.5 Å². The molecule has 0 aliphatic heterocycles. The van der Waals surface area contributed by atoms with Gasteiger partial charge in [-0.1, -0.05) is 48.5 Å². The van der Waals surface area contributed by atoms with E-state index in [2.05, 4.69) is 10.0 Å². The summed E-state index contributed by atoms with van der Waals surface area (Å²) in [5, 5.41) is 11.8. The summed E-state index contributed by atoms with van der Waals surface area (Å²) < 4.78 is 45.2. The van der Waals surface area contributed by atoms with E-state index >= 15 is 0 Å². The van der Waals surface area contributed by atoms with E-state index in [1.54, 1.807) is 0 Å². The minimum Gasteiger partial charge on any atom is -0.480 e. The molecule has 188 valence electrons. The molecule has 0 saturated heterocycles. The van der Waals surface area contributed by atoms with Crippen LogP contribution >= 0.6 is 0 Å². The number of ether oxygens (including phenoxy) is 1. The first-order valence-corrected chi connectivity index (χ1v) is 12.8. The molecule has 1 atom stereocenters. The van der Waals surface area contributed by atoms with Crippen molar-refractivity contribution in [3.8, 4) is 11.1 Å². The van der Waals surface area contributed by atoms with Crippen LogP contribution in [0.25, 0.3) is 11.1 Å². The number of fused-ring (bicyclic) bond motifs is 3.